The van der Waals surface area contributed by atoms with Crippen LogP contribution in [0.5, 0.6) is 0 Å². The van der Waals surface area contributed by atoms with Crippen molar-refractivity contribution in [3.8, 4) is 0 Å². The van der Waals surface area contributed by atoms with Crippen molar-refractivity contribution in [1.29, 1.82) is 0 Å². The van der Waals surface area contributed by atoms with Crippen LogP contribution in [-0.2, 0) is 0 Å². The molecule has 0 aromatic carbocycles. The molecule has 0 aromatic rings. The Morgan fingerprint density at radius 3 is 2.00 bits per heavy atom. The molecule has 0 nitrogen and oxygen atoms in total. The van der Waals surface area contributed by atoms with Gasteiger partial charge in [0, 0.05) is 3.92 Å². The number of hydrogen-bond acceptors (Lipinski definition) is 0. The SMILES string of the molecule is F[C@@H]1CC1I. The molecule has 0 aliphatic heterocycles. The van der Waals surface area contributed by atoms with E-state index in [4.69, 9.17) is 0 Å². The molecule has 0 spiro atoms. The third-order valence-electron chi connectivity index (χ3n) is 0.640. The van der Waals surface area contributed by atoms with E-state index in [0.717, 1.165) is 6.42 Å². The van der Waals surface area contributed by atoms with Gasteiger partial charge in [0.15, 0.2) is 0 Å². The van der Waals surface area contributed by atoms with Gasteiger partial charge in [0.2, 0.25) is 0 Å². The number of halogens is 2. The van der Waals surface area contributed by atoms with Crippen molar-refractivity contribution in [3.63, 3.8) is 0 Å². The lowest BCUT2D eigenvalue weighted by Gasteiger charge is -1.61. The Morgan fingerprint density at radius 1 is 1.80 bits per heavy atom. The molecule has 5 heavy (non-hydrogen) atoms. The molecule has 2 atom stereocenters. The van der Waals surface area contributed by atoms with Gasteiger partial charge in [-0.1, -0.05) is 22.6 Å². The molecule has 1 unspecified atom stereocenters. The number of alkyl halides is 2. The molecule has 1 aliphatic rings. The van der Waals surface area contributed by atoms with Crippen LogP contribution in [0.3, 0.4) is 0 Å². The van der Waals surface area contributed by atoms with Gasteiger partial charge in [-0.25, -0.2) is 4.39 Å². The van der Waals surface area contributed by atoms with Crippen molar-refractivity contribution in [2.24, 2.45) is 0 Å². The lowest BCUT2D eigenvalue weighted by atomic mass is 10.9. The predicted octanol–water partition coefficient (Wildman–Crippen LogP) is 1.53. The van der Waals surface area contributed by atoms with Crippen LogP contribution in [0, 0.1) is 0 Å². The Hall–Kier alpha value is 0.660. The minimum absolute atomic E-state index is 0.354. The summed E-state index contributed by atoms with van der Waals surface area (Å²) in [5, 5.41) is 0. The molecule has 30 valence electrons. The van der Waals surface area contributed by atoms with Crippen LogP contribution in [-0.4, -0.2) is 10.1 Å². The molecule has 1 fully saturated rings. The zero-order valence-corrected chi connectivity index (χ0v) is 4.78. The summed E-state index contributed by atoms with van der Waals surface area (Å²) in [6.45, 7) is 0. The molecule has 0 aromatic heterocycles. The van der Waals surface area contributed by atoms with E-state index in [1.165, 1.54) is 0 Å². The smallest absolute Gasteiger partial charge is 0.113 e. The summed E-state index contributed by atoms with van der Waals surface area (Å²) in [7, 11) is 0. The zero-order chi connectivity index (χ0) is 3.86. The quantitative estimate of drug-likeness (QED) is 0.397. The van der Waals surface area contributed by atoms with E-state index in [2.05, 4.69) is 22.6 Å². The standard InChI is InChI=1S/C3H4FI/c4-2-1-3(2)5/h2-3H,1H2/t2-,3?/m1/s1. The van der Waals surface area contributed by atoms with Crippen LogP contribution >= 0.6 is 22.6 Å². The van der Waals surface area contributed by atoms with Gasteiger partial charge < -0.3 is 0 Å². The normalized spacial score (nSPS) is 49.2. The Balaban J connectivity index is 2.20. The highest BCUT2D eigenvalue weighted by Crippen LogP contribution is 2.33. The highest BCUT2D eigenvalue weighted by atomic mass is 127. The maximum absolute atomic E-state index is 11.5. The van der Waals surface area contributed by atoms with Crippen LogP contribution in [0.1, 0.15) is 6.42 Å². The van der Waals surface area contributed by atoms with E-state index in [-0.39, 0.29) is 0 Å². The van der Waals surface area contributed by atoms with Gasteiger partial charge in [-0.3, -0.25) is 0 Å². The summed E-state index contributed by atoms with van der Waals surface area (Å²) in [4.78, 5) is 0. The van der Waals surface area contributed by atoms with Crippen LogP contribution in [0.4, 0.5) is 4.39 Å². The minimum atomic E-state index is -0.462. The maximum Gasteiger partial charge on any atom is 0.113 e. The van der Waals surface area contributed by atoms with Crippen molar-refractivity contribution in [3.05, 3.63) is 0 Å². The van der Waals surface area contributed by atoms with Crippen LogP contribution in [0.2, 0.25) is 0 Å². The molecule has 0 saturated heterocycles. The van der Waals surface area contributed by atoms with Crippen molar-refractivity contribution < 1.29 is 4.39 Å². The molecular formula is C3H4FI. The largest absolute Gasteiger partial charge is 0.246 e. The molecule has 0 amide bonds. The molecule has 0 heterocycles. The molecular weight excluding hydrogens is 182 g/mol. The molecule has 0 bridgehead atoms. The monoisotopic (exact) mass is 186 g/mol. The topological polar surface area (TPSA) is 0 Å². The van der Waals surface area contributed by atoms with Gasteiger partial charge in [0.05, 0.1) is 0 Å². The zero-order valence-electron chi connectivity index (χ0n) is 2.62. The molecule has 1 aliphatic carbocycles. The first kappa shape index (κ1) is 3.84. The first-order chi connectivity index (χ1) is 2.30. The van der Waals surface area contributed by atoms with Crippen molar-refractivity contribution in [2.45, 2.75) is 16.5 Å². The van der Waals surface area contributed by atoms with Crippen LogP contribution in [0.15, 0.2) is 0 Å². The van der Waals surface area contributed by atoms with Crippen molar-refractivity contribution >= 4 is 22.6 Å². The Kier molecular flexibility index (Phi) is 0.816. The van der Waals surface area contributed by atoms with Gasteiger partial charge >= 0.3 is 0 Å². The van der Waals surface area contributed by atoms with Crippen molar-refractivity contribution in [2.75, 3.05) is 0 Å². The van der Waals surface area contributed by atoms with Gasteiger partial charge in [0.1, 0.15) is 6.17 Å². The summed E-state index contributed by atoms with van der Waals surface area (Å²) in [6.07, 6.45) is 0.330. The average molecular weight is 186 g/mol. The molecule has 1 rings (SSSR count). The van der Waals surface area contributed by atoms with E-state index in [1.54, 1.807) is 0 Å². The second kappa shape index (κ2) is 1.06. The Labute approximate surface area is 43.9 Å². The Bertz CT molecular complexity index is 40.2. The summed E-state index contributed by atoms with van der Waals surface area (Å²) < 4.78 is 11.9. The van der Waals surface area contributed by atoms with Gasteiger partial charge in [-0.2, -0.15) is 0 Å². The lowest BCUT2D eigenvalue weighted by molar-refractivity contribution is 0.484. The van der Waals surface area contributed by atoms with Crippen molar-refractivity contribution in [1.82, 2.24) is 0 Å². The minimum Gasteiger partial charge on any atom is -0.246 e. The number of hydrogen-bond donors (Lipinski definition) is 0. The first-order valence-corrected chi connectivity index (χ1v) is 2.83. The van der Waals surface area contributed by atoms with E-state index < -0.39 is 6.17 Å². The molecule has 1 saturated carbocycles. The second-order valence-electron chi connectivity index (χ2n) is 1.27. The molecule has 0 N–H and O–H groups in total. The summed E-state index contributed by atoms with van der Waals surface area (Å²) in [5.41, 5.74) is 0. The molecule has 2 heteroatoms. The second-order valence-corrected chi connectivity index (χ2v) is 2.87. The summed E-state index contributed by atoms with van der Waals surface area (Å²) in [6, 6.07) is 0. The average Bonchev–Trinajstić information content (AvgIpc) is 1.79. The third kappa shape index (κ3) is 0.743. The van der Waals surface area contributed by atoms with E-state index in [0.29, 0.717) is 3.92 Å². The summed E-state index contributed by atoms with van der Waals surface area (Å²) in [5.74, 6) is 0. The van der Waals surface area contributed by atoms with Crippen LogP contribution in [0.25, 0.3) is 0 Å². The number of rotatable bonds is 0. The Morgan fingerprint density at radius 2 is 2.00 bits per heavy atom. The van der Waals surface area contributed by atoms with E-state index in [1.807, 2.05) is 0 Å². The van der Waals surface area contributed by atoms with Crippen LogP contribution < -0.4 is 0 Å². The fourth-order valence-electron chi connectivity index (χ4n) is 0.137. The fraction of sp³-hybridized carbons (Fsp3) is 1.00. The van der Waals surface area contributed by atoms with Gasteiger partial charge in [0.25, 0.3) is 0 Å². The highest BCUT2D eigenvalue weighted by Gasteiger charge is 2.34. The third-order valence-corrected chi connectivity index (χ3v) is 1.93. The predicted molar refractivity (Wildman–Crippen MR) is 27.3 cm³/mol. The van der Waals surface area contributed by atoms with E-state index >= 15 is 0 Å². The van der Waals surface area contributed by atoms with Gasteiger partial charge in [-0.05, 0) is 6.42 Å². The van der Waals surface area contributed by atoms with Gasteiger partial charge in [-0.15, -0.1) is 0 Å². The lowest BCUT2D eigenvalue weighted by Crippen LogP contribution is -1.65. The first-order valence-electron chi connectivity index (χ1n) is 1.59. The fourth-order valence-corrected chi connectivity index (χ4v) is 0.622. The molecule has 0 radical (unpaired) electrons. The summed E-state index contributed by atoms with van der Waals surface area (Å²) >= 11 is 2.11. The highest BCUT2D eigenvalue weighted by molar-refractivity contribution is 14.1. The van der Waals surface area contributed by atoms with E-state index in [9.17, 15) is 4.39 Å². The maximum atomic E-state index is 11.5.